The van der Waals surface area contributed by atoms with Crippen molar-refractivity contribution in [2.75, 3.05) is 32.7 Å². The fourth-order valence-corrected chi connectivity index (χ4v) is 2.02. The minimum Gasteiger partial charge on any atom is -0.315 e. The van der Waals surface area contributed by atoms with Gasteiger partial charge in [-0.2, -0.15) is 0 Å². The first kappa shape index (κ1) is 13.3. The molecule has 0 bridgehead atoms. The maximum atomic E-state index is 6.15. The molecule has 0 amide bonds. The van der Waals surface area contributed by atoms with Gasteiger partial charge in [0.25, 0.3) is 0 Å². The van der Waals surface area contributed by atoms with E-state index in [1.54, 1.807) is 0 Å². The van der Waals surface area contributed by atoms with Crippen molar-refractivity contribution in [2.45, 2.75) is 38.5 Å². The molecule has 1 atom stereocenters. The summed E-state index contributed by atoms with van der Waals surface area (Å²) in [6.45, 7) is 10.3. The molecular formula is C12H25ClN2. The van der Waals surface area contributed by atoms with Gasteiger partial charge in [0.05, 0.1) is 0 Å². The summed E-state index contributed by atoms with van der Waals surface area (Å²) in [4.78, 5) is 2.56. The van der Waals surface area contributed by atoms with Crippen molar-refractivity contribution < 1.29 is 0 Å². The van der Waals surface area contributed by atoms with Gasteiger partial charge in [-0.05, 0) is 51.4 Å². The Morgan fingerprint density at radius 2 is 1.93 bits per heavy atom. The molecule has 0 radical (unpaired) electrons. The minimum absolute atomic E-state index is 0.275. The normalized spacial score (nSPS) is 20.0. The van der Waals surface area contributed by atoms with Gasteiger partial charge in [0.15, 0.2) is 0 Å². The largest absolute Gasteiger partial charge is 0.315 e. The molecule has 0 aliphatic carbocycles. The van der Waals surface area contributed by atoms with Crippen LogP contribution in [0.25, 0.3) is 0 Å². The Labute approximate surface area is 99.4 Å². The maximum Gasteiger partial charge on any atom is 0.0483 e. The zero-order chi connectivity index (χ0) is 11.1. The number of hydrogen-bond acceptors (Lipinski definition) is 2. The molecule has 0 aromatic carbocycles. The summed E-state index contributed by atoms with van der Waals surface area (Å²) in [5.74, 6) is 0.567. The summed E-state index contributed by atoms with van der Waals surface area (Å²) in [5, 5.41) is 3.71. The smallest absolute Gasteiger partial charge is 0.0483 e. The Morgan fingerprint density at radius 3 is 2.53 bits per heavy atom. The molecule has 90 valence electrons. The van der Waals surface area contributed by atoms with Crippen LogP contribution in [0, 0.1) is 5.92 Å². The van der Waals surface area contributed by atoms with E-state index >= 15 is 0 Å². The maximum absolute atomic E-state index is 6.15. The first-order valence-corrected chi connectivity index (χ1v) is 6.71. The van der Waals surface area contributed by atoms with Crippen molar-refractivity contribution in [3.8, 4) is 0 Å². The Kier molecular flexibility index (Phi) is 6.62. The zero-order valence-electron chi connectivity index (χ0n) is 10.1. The van der Waals surface area contributed by atoms with E-state index in [-0.39, 0.29) is 5.38 Å². The number of rotatable bonds is 7. The number of halogens is 1. The quantitative estimate of drug-likeness (QED) is 0.536. The third-order valence-corrected chi connectivity index (χ3v) is 3.75. The summed E-state index contributed by atoms with van der Waals surface area (Å²) in [6.07, 6.45) is 4.04. The van der Waals surface area contributed by atoms with Crippen LogP contribution in [0.5, 0.6) is 0 Å². The van der Waals surface area contributed by atoms with E-state index in [0.717, 1.165) is 13.1 Å². The van der Waals surface area contributed by atoms with E-state index in [1.807, 2.05) is 0 Å². The Morgan fingerprint density at radius 1 is 1.27 bits per heavy atom. The molecule has 1 heterocycles. The van der Waals surface area contributed by atoms with Gasteiger partial charge < -0.3 is 10.2 Å². The number of hydrogen-bond donors (Lipinski definition) is 1. The summed E-state index contributed by atoms with van der Waals surface area (Å²) in [7, 11) is 0. The van der Waals surface area contributed by atoms with Crippen LogP contribution in [0.4, 0.5) is 0 Å². The van der Waals surface area contributed by atoms with Crippen molar-refractivity contribution in [1.29, 1.82) is 0 Å². The van der Waals surface area contributed by atoms with Crippen LogP contribution in [0.15, 0.2) is 0 Å². The second-order valence-electron chi connectivity index (χ2n) is 4.87. The average molecular weight is 233 g/mol. The highest BCUT2D eigenvalue weighted by atomic mass is 35.5. The standard InChI is InChI=1S/C12H25ClN2/c1-11(2)12(13)10-14-6-5-9-15-7-3-4-8-15/h11-12,14H,3-10H2,1-2H3. The average Bonchev–Trinajstić information content (AvgIpc) is 2.69. The van der Waals surface area contributed by atoms with Crippen molar-refractivity contribution in [1.82, 2.24) is 10.2 Å². The zero-order valence-corrected chi connectivity index (χ0v) is 10.9. The Balaban J connectivity index is 1.88. The van der Waals surface area contributed by atoms with Gasteiger partial charge in [0.1, 0.15) is 0 Å². The lowest BCUT2D eigenvalue weighted by molar-refractivity contribution is 0.330. The molecule has 1 aliphatic rings. The number of likely N-dealkylation sites (tertiary alicyclic amines) is 1. The molecule has 15 heavy (non-hydrogen) atoms. The lowest BCUT2D eigenvalue weighted by Crippen LogP contribution is -2.30. The molecule has 1 aliphatic heterocycles. The number of alkyl halides is 1. The molecule has 0 aromatic rings. The van der Waals surface area contributed by atoms with E-state index in [2.05, 4.69) is 24.1 Å². The van der Waals surface area contributed by atoms with E-state index in [1.165, 1.54) is 38.9 Å². The lowest BCUT2D eigenvalue weighted by atomic mass is 10.1. The predicted molar refractivity (Wildman–Crippen MR) is 67.6 cm³/mol. The molecule has 3 heteroatoms. The van der Waals surface area contributed by atoms with Crippen molar-refractivity contribution in [3.05, 3.63) is 0 Å². The SMILES string of the molecule is CC(C)C(Cl)CNCCCN1CCCC1. The molecule has 0 aromatic heterocycles. The molecule has 0 saturated carbocycles. The van der Waals surface area contributed by atoms with E-state index in [9.17, 15) is 0 Å². The highest BCUT2D eigenvalue weighted by molar-refractivity contribution is 6.20. The van der Waals surface area contributed by atoms with Crippen LogP contribution in [0.2, 0.25) is 0 Å². The van der Waals surface area contributed by atoms with Gasteiger partial charge in [0, 0.05) is 11.9 Å². The highest BCUT2D eigenvalue weighted by Gasteiger charge is 2.11. The minimum atomic E-state index is 0.275. The topological polar surface area (TPSA) is 15.3 Å². The molecule has 1 fully saturated rings. The van der Waals surface area contributed by atoms with E-state index < -0.39 is 0 Å². The monoisotopic (exact) mass is 232 g/mol. The molecule has 2 nitrogen and oxygen atoms in total. The van der Waals surface area contributed by atoms with Crippen molar-refractivity contribution in [2.24, 2.45) is 5.92 Å². The fraction of sp³-hybridized carbons (Fsp3) is 1.00. The third kappa shape index (κ3) is 5.74. The molecule has 0 spiro atoms. The van der Waals surface area contributed by atoms with Crippen molar-refractivity contribution in [3.63, 3.8) is 0 Å². The van der Waals surface area contributed by atoms with Gasteiger partial charge in [-0.3, -0.25) is 0 Å². The first-order chi connectivity index (χ1) is 7.20. The summed E-state index contributed by atoms with van der Waals surface area (Å²) < 4.78 is 0. The van der Waals surface area contributed by atoms with E-state index in [0.29, 0.717) is 5.92 Å². The van der Waals surface area contributed by atoms with E-state index in [4.69, 9.17) is 11.6 Å². The Bertz CT molecular complexity index is 152. The number of nitrogens with one attached hydrogen (secondary N) is 1. The molecule has 1 rings (SSSR count). The molecule has 1 unspecified atom stereocenters. The second-order valence-corrected chi connectivity index (χ2v) is 5.43. The second kappa shape index (κ2) is 7.48. The van der Waals surface area contributed by atoms with Gasteiger partial charge in [-0.15, -0.1) is 11.6 Å². The lowest BCUT2D eigenvalue weighted by Gasteiger charge is -2.16. The van der Waals surface area contributed by atoms with Crippen molar-refractivity contribution >= 4 is 11.6 Å². The fourth-order valence-electron chi connectivity index (χ4n) is 1.91. The van der Waals surface area contributed by atoms with Gasteiger partial charge in [-0.1, -0.05) is 13.8 Å². The van der Waals surface area contributed by atoms with Gasteiger partial charge >= 0.3 is 0 Å². The van der Waals surface area contributed by atoms with Crippen LogP contribution in [0.1, 0.15) is 33.1 Å². The van der Waals surface area contributed by atoms with Crippen LogP contribution in [0.3, 0.4) is 0 Å². The van der Waals surface area contributed by atoms with Crippen LogP contribution in [-0.2, 0) is 0 Å². The highest BCUT2D eigenvalue weighted by Crippen LogP contribution is 2.08. The Hall–Kier alpha value is 0.210. The van der Waals surface area contributed by atoms with Crippen LogP contribution < -0.4 is 5.32 Å². The molecule has 1 N–H and O–H groups in total. The van der Waals surface area contributed by atoms with Gasteiger partial charge in [-0.25, -0.2) is 0 Å². The third-order valence-electron chi connectivity index (χ3n) is 3.09. The van der Waals surface area contributed by atoms with Crippen LogP contribution in [-0.4, -0.2) is 43.0 Å². The molecule has 1 saturated heterocycles. The van der Waals surface area contributed by atoms with Gasteiger partial charge in [0.2, 0.25) is 0 Å². The number of nitrogens with zero attached hydrogens (tertiary/aromatic N) is 1. The predicted octanol–water partition coefficient (Wildman–Crippen LogP) is 2.33. The first-order valence-electron chi connectivity index (χ1n) is 6.27. The molecular weight excluding hydrogens is 208 g/mol. The summed E-state index contributed by atoms with van der Waals surface area (Å²) >= 11 is 6.15. The summed E-state index contributed by atoms with van der Waals surface area (Å²) in [5.41, 5.74) is 0. The summed E-state index contributed by atoms with van der Waals surface area (Å²) in [6, 6.07) is 0. The van der Waals surface area contributed by atoms with Crippen LogP contribution >= 0.6 is 11.6 Å².